The SMILES string of the molecule is Cc1ccccc1Cn1c(=O)c2ccccc2n2c(=S)sc(-c3cccc(C(F)(F)F)c3)c12. The summed E-state index contributed by atoms with van der Waals surface area (Å²) in [6, 6.07) is 20.0. The van der Waals surface area contributed by atoms with Gasteiger partial charge in [0.2, 0.25) is 0 Å². The van der Waals surface area contributed by atoms with E-state index in [4.69, 9.17) is 12.2 Å². The van der Waals surface area contributed by atoms with E-state index in [1.807, 2.05) is 37.3 Å². The van der Waals surface area contributed by atoms with Gasteiger partial charge in [-0.25, -0.2) is 0 Å². The molecule has 8 heteroatoms. The highest BCUT2D eigenvalue weighted by molar-refractivity contribution is 7.73. The first-order valence-corrected chi connectivity index (χ1v) is 11.4. The molecule has 33 heavy (non-hydrogen) atoms. The molecule has 0 saturated heterocycles. The van der Waals surface area contributed by atoms with Crippen LogP contribution in [0.3, 0.4) is 0 Å². The maximum absolute atomic E-state index is 13.6. The summed E-state index contributed by atoms with van der Waals surface area (Å²) in [5, 5.41) is 0.503. The van der Waals surface area contributed by atoms with Crippen LogP contribution < -0.4 is 5.56 Å². The van der Waals surface area contributed by atoms with Crippen LogP contribution in [-0.4, -0.2) is 8.97 Å². The van der Waals surface area contributed by atoms with Gasteiger partial charge in [-0.1, -0.05) is 48.5 Å². The zero-order chi connectivity index (χ0) is 23.3. The van der Waals surface area contributed by atoms with Crippen molar-refractivity contribution in [3.8, 4) is 10.4 Å². The lowest BCUT2D eigenvalue weighted by molar-refractivity contribution is -0.137. The Bertz CT molecular complexity index is 1640. The zero-order valence-electron chi connectivity index (χ0n) is 17.4. The van der Waals surface area contributed by atoms with Gasteiger partial charge >= 0.3 is 6.18 Å². The van der Waals surface area contributed by atoms with Gasteiger partial charge < -0.3 is 0 Å². The third-order valence-corrected chi connectivity index (χ3v) is 7.12. The van der Waals surface area contributed by atoms with Crippen molar-refractivity contribution in [1.29, 1.82) is 0 Å². The van der Waals surface area contributed by atoms with E-state index in [0.29, 0.717) is 30.9 Å². The normalized spacial score (nSPS) is 12.0. The quantitative estimate of drug-likeness (QED) is 0.257. The number of fused-ring (bicyclic) bond motifs is 3. The lowest BCUT2D eigenvalue weighted by atomic mass is 10.1. The number of rotatable bonds is 3. The van der Waals surface area contributed by atoms with E-state index in [2.05, 4.69) is 0 Å². The number of halogens is 3. The number of alkyl halides is 3. The van der Waals surface area contributed by atoms with Gasteiger partial charge in [-0.15, -0.1) is 11.3 Å². The van der Waals surface area contributed by atoms with Gasteiger partial charge in [-0.2, -0.15) is 13.2 Å². The maximum atomic E-state index is 13.6. The largest absolute Gasteiger partial charge is 0.416 e. The van der Waals surface area contributed by atoms with Crippen LogP contribution in [-0.2, 0) is 12.7 Å². The van der Waals surface area contributed by atoms with Crippen molar-refractivity contribution < 1.29 is 13.2 Å². The Labute approximate surface area is 196 Å². The van der Waals surface area contributed by atoms with Gasteiger partial charge in [0.05, 0.1) is 27.9 Å². The molecule has 0 unspecified atom stereocenters. The molecule has 0 spiro atoms. The maximum Gasteiger partial charge on any atom is 0.416 e. The van der Waals surface area contributed by atoms with Crippen molar-refractivity contribution in [2.75, 3.05) is 0 Å². The number of thiazole rings is 1. The number of aromatic nitrogens is 2. The van der Waals surface area contributed by atoms with Crippen LogP contribution in [0.2, 0.25) is 0 Å². The summed E-state index contributed by atoms with van der Waals surface area (Å²) in [4.78, 5) is 14.1. The second-order valence-electron chi connectivity index (χ2n) is 7.77. The van der Waals surface area contributed by atoms with E-state index in [0.717, 1.165) is 23.3 Å². The minimum atomic E-state index is -4.47. The van der Waals surface area contributed by atoms with Crippen LogP contribution in [0.1, 0.15) is 16.7 Å². The minimum absolute atomic E-state index is 0.213. The summed E-state index contributed by atoms with van der Waals surface area (Å²) in [6.07, 6.45) is -4.47. The van der Waals surface area contributed by atoms with Crippen LogP contribution in [0.25, 0.3) is 27.0 Å². The Morgan fingerprint density at radius 3 is 2.45 bits per heavy atom. The minimum Gasteiger partial charge on any atom is -0.288 e. The molecule has 2 heterocycles. The van der Waals surface area contributed by atoms with E-state index in [1.165, 1.54) is 17.4 Å². The Morgan fingerprint density at radius 1 is 0.970 bits per heavy atom. The molecule has 0 aliphatic carbocycles. The van der Waals surface area contributed by atoms with E-state index in [-0.39, 0.29) is 12.1 Å². The summed E-state index contributed by atoms with van der Waals surface area (Å²) in [5.74, 6) is 0. The summed E-state index contributed by atoms with van der Waals surface area (Å²) < 4.78 is 44.1. The summed E-state index contributed by atoms with van der Waals surface area (Å²) >= 11 is 6.85. The lowest BCUT2D eigenvalue weighted by Gasteiger charge is -2.15. The molecule has 2 aromatic heterocycles. The lowest BCUT2D eigenvalue weighted by Crippen LogP contribution is -2.24. The van der Waals surface area contributed by atoms with Crippen LogP contribution in [0.15, 0.2) is 77.6 Å². The third kappa shape index (κ3) is 3.69. The van der Waals surface area contributed by atoms with Crippen molar-refractivity contribution in [3.05, 3.63) is 104 Å². The van der Waals surface area contributed by atoms with Gasteiger partial charge in [0, 0.05) is 0 Å². The predicted octanol–water partition coefficient (Wildman–Crippen LogP) is 7.09. The number of nitrogens with zero attached hydrogens (tertiary/aromatic N) is 2. The summed E-state index contributed by atoms with van der Waals surface area (Å²) in [5.41, 5.74) is 2.51. The molecule has 3 aromatic carbocycles. The summed E-state index contributed by atoms with van der Waals surface area (Å²) in [6.45, 7) is 2.24. The average molecular weight is 483 g/mol. The first-order valence-electron chi connectivity index (χ1n) is 10.1. The molecule has 0 radical (unpaired) electrons. The Kier molecular flexibility index (Phi) is 5.22. The smallest absolute Gasteiger partial charge is 0.288 e. The van der Waals surface area contributed by atoms with Gasteiger partial charge in [-0.3, -0.25) is 13.8 Å². The molecular weight excluding hydrogens is 465 g/mol. The molecule has 0 aliphatic rings. The van der Waals surface area contributed by atoms with Crippen molar-refractivity contribution in [3.63, 3.8) is 0 Å². The molecular formula is C25H17F3N2OS2. The second-order valence-corrected chi connectivity index (χ2v) is 9.41. The van der Waals surface area contributed by atoms with Crippen molar-refractivity contribution in [1.82, 2.24) is 8.97 Å². The number of aryl methyl sites for hydroxylation is 1. The second kappa shape index (κ2) is 7.97. The predicted molar refractivity (Wildman–Crippen MR) is 129 cm³/mol. The molecule has 0 saturated carbocycles. The van der Waals surface area contributed by atoms with E-state index in [1.54, 1.807) is 33.2 Å². The monoisotopic (exact) mass is 482 g/mol. The average Bonchev–Trinajstić information content (AvgIpc) is 3.14. The van der Waals surface area contributed by atoms with Gasteiger partial charge in [0.1, 0.15) is 5.65 Å². The van der Waals surface area contributed by atoms with E-state index >= 15 is 0 Å². The third-order valence-electron chi connectivity index (χ3n) is 5.70. The zero-order valence-corrected chi connectivity index (χ0v) is 19.0. The standard InChI is InChI=1S/C25H17F3N2OS2/c1-15-7-2-3-8-17(15)14-29-22-21(16-9-6-10-18(13-16)25(26,27)28)33-24(32)30(22)20-12-5-4-11-19(20)23(29)31/h2-13H,14H2,1H3. The van der Waals surface area contributed by atoms with Gasteiger partial charge in [0.15, 0.2) is 3.95 Å². The topological polar surface area (TPSA) is 26.4 Å². The highest BCUT2D eigenvalue weighted by Gasteiger charge is 2.31. The number of hydrogen-bond acceptors (Lipinski definition) is 3. The molecule has 166 valence electrons. The fourth-order valence-electron chi connectivity index (χ4n) is 4.04. The molecule has 0 atom stereocenters. The molecule has 0 amide bonds. The van der Waals surface area contributed by atoms with Gasteiger partial charge in [-0.05, 0) is 60.1 Å². The number of benzene rings is 3. The van der Waals surface area contributed by atoms with Crippen LogP contribution in [0.5, 0.6) is 0 Å². The van der Waals surface area contributed by atoms with Gasteiger partial charge in [0.25, 0.3) is 5.56 Å². The first kappa shape index (κ1) is 21.6. The van der Waals surface area contributed by atoms with Crippen LogP contribution in [0, 0.1) is 10.9 Å². The van der Waals surface area contributed by atoms with E-state index in [9.17, 15) is 18.0 Å². The highest BCUT2D eigenvalue weighted by atomic mass is 32.1. The molecule has 0 N–H and O–H groups in total. The first-order chi connectivity index (χ1) is 15.8. The Hall–Kier alpha value is -3.23. The fraction of sp³-hybridized carbons (Fsp3) is 0.120. The van der Waals surface area contributed by atoms with Crippen LogP contribution >= 0.6 is 23.6 Å². The Morgan fingerprint density at radius 2 is 1.70 bits per heavy atom. The molecule has 0 aliphatic heterocycles. The Balaban J connectivity index is 1.89. The molecule has 5 rings (SSSR count). The molecule has 0 fully saturated rings. The molecule has 0 bridgehead atoms. The fourth-order valence-corrected chi connectivity index (χ4v) is 5.47. The van der Waals surface area contributed by atoms with Crippen molar-refractivity contribution in [2.24, 2.45) is 0 Å². The molecule has 5 aromatic rings. The van der Waals surface area contributed by atoms with Crippen molar-refractivity contribution >= 4 is 40.1 Å². The van der Waals surface area contributed by atoms with E-state index < -0.39 is 11.7 Å². The number of hydrogen-bond donors (Lipinski definition) is 0. The highest BCUT2D eigenvalue weighted by Crippen LogP contribution is 2.37. The van der Waals surface area contributed by atoms with Crippen molar-refractivity contribution in [2.45, 2.75) is 19.6 Å². The summed E-state index contributed by atoms with van der Waals surface area (Å²) in [7, 11) is 0. The number of para-hydroxylation sites is 1. The molecule has 3 nitrogen and oxygen atoms in total. The van der Waals surface area contributed by atoms with Crippen LogP contribution in [0.4, 0.5) is 13.2 Å².